The predicted molar refractivity (Wildman–Crippen MR) is 70.4 cm³/mol. The van der Waals surface area contributed by atoms with Crippen molar-refractivity contribution in [3.8, 4) is 0 Å². The Morgan fingerprint density at radius 3 is 1.73 bits per heavy atom. The highest BCUT2D eigenvalue weighted by atomic mass is 14.7. The fourth-order valence-corrected chi connectivity index (χ4v) is 1.28. The van der Waals surface area contributed by atoms with Crippen LogP contribution in [0.1, 0.15) is 59.7 Å². The van der Waals surface area contributed by atoms with Crippen molar-refractivity contribution in [1.82, 2.24) is 4.98 Å². The van der Waals surface area contributed by atoms with Gasteiger partial charge in [-0.05, 0) is 24.0 Å². The van der Waals surface area contributed by atoms with Gasteiger partial charge in [-0.2, -0.15) is 0 Å². The lowest BCUT2D eigenvalue weighted by molar-refractivity contribution is 0.582. The minimum Gasteiger partial charge on any atom is -0.261 e. The zero-order valence-corrected chi connectivity index (χ0v) is 11.7. The van der Waals surface area contributed by atoms with Gasteiger partial charge in [0.15, 0.2) is 0 Å². The highest BCUT2D eigenvalue weighted by Crippen LogP contribution is 2.23. The first-order valence-corrected chi connectivity index (χ1v) is 5.94. The molecule has 1 rings (SSSR count). The fourth-order valence-electron chi connectivity index (χ4n) is 1.28. The summed E-state index contributed by atoms with van der Waals surface area (Å²) in [6, 6.07) is 4.13. The van der Waals surface area contributed by atoms with Crippen LogP contribution in [0.5, 0.6) is 0 Å². The Balaban J connectivity index is 0. The first-order valence-electron chi connectivity index (χ1n) is 5.94. The SMILES string of the molecule is CC.CC.Cc1ncccc1C(C)(C)C. The van der Waals surface area contributed by atoms with Crippen LogP contribution in [0.2, 0.25) is 0 Å². The molecule has 88 valence electrons. The van der Waals surface area contributed by atoms with Crippen molar-refractivity contribution >= 4 is 0 Å². The van der Waals surface area contributed by atoms with Crippen molar-refractivity contribution in [3.05, 3.63) is 29.6 Å². The number of pyridine rings is 1. The molecule has 0 spiro atoms. The summed E-state index contributed by atoms with van der Waals surface area (Å²) in [5, 5.41) is 0. The van der Waals surface area contributed by atoms with Gasteiger partial charge in [0.05, 0.1) is 0 Å². The zero-order chi connectivity index (χ0) is 12.5. The van der Waals surface area contributed by atoms with Crippen LogP contribution in [0, 0.1) is 6.92 Å². The van der Waals surface area contributed by atoms with Gasteiger partial charge < -0.3 is 0 Å². The van der Waals surface area contributed by atoms with Crippen molar-refractivity contribution in [2.45, 2.75) is 60.8 Å². The Morgan fingerprint density at radius 2 is 1.47 bits per heavy atom. The van der Waals surface area contributed by atoms with Gasteiger partial charge in [0.1, 0.15) is 0 Å². The molecule has 0 aliphatic rings. The minimum atomic E-state index is 0.221. The molecule has 15 heavy (non-hydrogen) atoms. The molecule has 0 unspecified atom stereocenters. The molecule has 1 heterocycles. The van der Waals surface area contributed by atoms with E-state index in [0.717, 1.165) is 5.69 Å². The number of hydrogen-bond donors (Lipinski definition) is 0. The molecular weight excluding hydrogens is 182 g/mol. The fraction of sp³-hybridized carbons (Fsp3) is 0.643. The Morgan fingerprint density at radius 1 is 1.00 bits per heavy atom. The second kappa shape index (κ2) is 8.46. The molecule has 0 amide bonds. The van der Waals surface area contributed by atoms with E-state index < -0.39 is 0 Å². The second-order valence-corrected chi connectivity index (χ2v) is 3.89. The summed E-state index contributed by atoms with van der Waals surface area (Å²) < 4.78 is 0. The lowest BCUT2D eigenvalue weighted by Gasteiger charge is -2.20. The van der Waals surface area contributed by atoms with E-state index in [2.05, 4.69) is 38.7 Å². The topological polar surface area (TPSA) is 12.9 Å². The van der Waals surface area contributed by atoms with Crippen LogP contribution in [0.15, 0.2) is 18.3 Å². The largest absolute Gasteiger partial charge is 0.261 e. The number of aromatic nitrogens is 1. The Labute approximate surface area is 95.9 Å². The Hall–Kier alpha value is -0.850. The quantitative estimate of drug-likeness (QED) is 0.601. The predicted octanol–water partition coefficient (Wildman–Crippen LogP) is 4.74. The number of hydrogen-bond acceptors (Lipinski definition) is 1. The monoisotopic (exact) mass is 209 g/mol. The van der Waals surface area contributed by atoms with Crippen LogP contribution in [0.3, 0.4) is 0 Å². The summed E-state index contributed by atoms with van der Waals surface area (Å²) in [7, 11) is 0. The maximum absolute atomic E-state index is 4.25. The molecular formula is C14H27N. The van der Waals surface area contributed by atoms with Gasteiger partial charge in [0, 0.05) is 11.9 Å². The molecule has 0 aliphatic heterocycles. The van der Waals surface area contributed by atoms with Gasteiger partial charge in [-0.25, -0.2) is 0 Å². The summed E-state index contributed by atoms with van der Waals surface area (Å²) in [6.45, 7) is 16.7. The van der Waals surface area contributed by atoms with Crippen molar-refractivity contribution in [2.75, 3.05) is 0 Å². The van der Waals surface area contributed by atoms with Crippen molar-refractivity contribution in [3.63, 3.8) is 0 Å². The summed E-state index contributed by atoms with van der Waals surface area (Å²) in [6.07, 6.45) is 1.84. The van der Waals surface area contributed by atoms with Crippen LogP contribution >= 0.6 is 0 Å². The third-order valence-corrected chi connectivity index (χ3v) is 1.81. The second-order valence-electron chi connectivity index (χ2n) is 3.89. The smallest absolute Gasteiger partial charge is 0.0409 e. The molecule has 1 aromatic rings. The van der Waals surface area contributed by atoms with E-state index >= 15 is 0 Å². The average molecular weight is 209 g/mol. The zero-order valence-electron chi connectivity index (χ0n) is 11.7. The number of aryl methyl sites for hydroxylation is 1. The van der Waals surface area contributed by atoms with Crippen LogP contribution in [0.4, 0.5) is 0 Å². The van der Waals surface area contributed by atoms with Crippen molar-refractivity contribution in [1.29, 1.82) is 0 Å². The van der Waals surface area contributed by atoms with Crippen LogP contribution in [0.25, 0.3) is 0 Å². The van der Waals surface area contributed by atoms with Gasteiger partial charge in [-0.3, -0.25) is 4.98 Å². The van der Waals surface area contributed by atoms with Crippen LogP contribution < -0.4 is 0 Å². The highest BCUT2D eigenvalue weighted by molar-refractivity contribution is 5.25. The molecule has 1 heteroatoms. The minimum absolute atomic E-state index is 0.221. The van der Waals surface area contributed by atoms with E-state index in [-0.39, 0.29) is 5.41 Å². The van der Waals surface area contributed by atoms with Crippen LogP contribution in [-0.4, -0.2) is 4.98 Å². The van der Waals surface area contributed by atoms with E-state index in [1.807, 2.05) is 40.0 Å². The lowest BCUT2D eigenvalue weighted by Crippen LogP contribution is -2.13. The van der Waals surface area contributed by atoms with E-state index in [0.29, 0.717) is 0 Å². The molecule has 0 fully saturated rings. The standard InChI is InChI=1S/C10H15N.2C2H6/c1-8-9(10(2,3)4)6-5-7-11-8;2*1-2/h5-7H,1-4H3;2*1-2H3. The van der Waals surface area contributed by atoms with E-state index in [1.54, 1.807) is 0 Å². The molecule has 1 nitrogen and oxygen atoms in total. The average Bonchev–Trinajstić information content (AvgIpc) is 2.23. The maximum Gasteiger partial charge on any atom is 0.0409 e. The Bertz CT molecular complexity index is 246. The first kappa shape index (κ1) is 16.6. The summed E-state index contributed by atoms with van der Waals surface area (Å²) >= 11 is 0. The van der Waals surface area contributed by atoms with Gasteiger partial charge in [0.25, 0.3) is 0 Å². The number of nitrogens with zero attached hydrogens (tertiary/aromatic N) is 1. The summed E-state index contributed by atoms with van der Waals surface area (Å²) in [4.78, 5) is 4.25. The summed E-state index contributed by atoms with van der Waals surface area (Å²) in [5.41, 5.74) is 2.69. The lowest BCUT2D eigenvalue weighted by atomic mass is 9.86. The molecule has 0 radical (unpaired) electrons. The van der Waals surface area contributed by atoms with Crippen LogP contribution in [-0.2, 0) is 5.41 Å². The van der Waals surface area contributed by atoms with Gasteiger partial charge in [-0.15, -0.1) is 0 Å². The van der Waals surface area contributed by atoms with Crippen molar-refractivity contribution < 1.29 is 0 Å². The molecule has 0 N–H and O–H groups in total. The molecule has 1 aromatic heterocycles. The third kappa shape index (κ3) is 6.27. The normalized spacial score (nSPS) is 9.33. The summed E-state index contributed by atoms with van der Waals surface area (Å²) in [5.74, 6) is 0. The van der Waals surface area contributed by atoms with E-state index in [4.69, 9.17) is 0 Å². The number of rotatable bonds is 0. The third-order valence-electron chi connectivity index (χ3n) is 1.81. The Kier molecular flexibility index (Phi) is 9.35. The molecule has 0 aliphatic carbocycles. The van der Waals surface area contributed by atoms with E-state index in [1.165, 1.54) is 5.56 Å². The van der Waals surface area contributed by atoms with Gasteiger partial charge in [0.2, 0.25) is 0 Å². The maximum atomic E-state index is 4.25. The molecule has 0 aromatic carbocycles. The molecule has 0 saturated heterocycles. The molecule has 0 saturated carbocycles. The van der Waals surface area contributed by atoms with Gasteiger partial charge >= 0.3 is 0 Å². The molecule has 0 atom stereocenters. The van der Waals surface area contributed by atoms with Gasteiger partial charge in [-0.1, -0.05) is 54.5 Å². The molecule has 0 bridgehead atoms. The van der Waals surface area contributed by atoms with E-state index in [9.17, 15) is 0 Å². The van der Waals surface area contributed by atoms with Crippen molar-refractivity contribution in [2.24, 2.45) is 0 Å². The first-order chi connectivity index (χ1) is 7.02. The highest BCUT2D eigenvalue weighted by Gasteiger charge is 2.15.